The van der Waals surface area contributed by atoms with Gasteiger partial charge in [0.2, 0.25) is 0 Å². The van der Waals surface area contributed by atoms with E-state index in [2.05, 4.69) is 489 Å². The van der Waals surface area contributed by atoms with Crippen molar-refractivity contribution in [1.82, 2.24) is 29.9 Å². The molecule has 0 bridgehead atoms. The van der Waals surface area contributed by atoms with Crippen LogP contribution < -0.4 is 0 Å². The minimum Gasteiger partial charge on any atom is -0.228 e. The Balaban J connectivity index is 0.000000110. The van der Waals surface area contributed by atoms with Gasteiger partial charge in [0.15, 0.2) is 17.5 Å². The van der Waals surface area contributed by atoms with E-state index >= 15 is 0 Å². The standard InChI is InChI=1S/C53H34N2.C43H30N2.C39H28N2/c1-4-18-35(19-5-1)51-45-29-15-17-31-48(45)54-52(55-51)43-33-32-42(40-26-12-13-27-41(40)43)46-34-36-20-10-11-25-39(36)50-49(46)44-28-14-16-30-47(44)53(50,37-21-6-2-7-22-37)38-23-8-3-9-24-38;1-43(2)38-21-10-8-18-33(38)36-26-35-29(25-39(36)43)16-12-20-32(35)30-23-28-15-6-7-17-31(28)37(24-30)42-44-40-22-11-9-19-34(40)41(45-42)27-13-4-3-5-14-27;1-39(2)34-20-8-6-17-30(34)33-24-32-27(23-35(33)39)15-11-19-29(32)26-14-10-16-28(22-26)38-40-36-21-9-7-18-31(36)37(41-38)25-12-4-3-5-13-25/h1-34H;3-26H,1-2H3;3-24H,1-2H3. The zero-order valence-electron chi connectivity index (χ0n) is 78.4. The van der Waals surface area contributed by atoms with Crippen LogP contribution in [0.2, 0.25) is 0 Å². The molecule has 28 rings (SSSR count). The molecule has 0 spiro atoms. The molecule has 0 fully saturated rings. The number of para-hydroxylation sites is 3. The number of benzene rings is 22. The SMILES string of the molecule is CC1(C)c2ccccc2-c2cc3c(-c4cc(-c5nc(-c6ccccc6)c6ccccc6n5)c5ccccc5c4)cccc3cc21.CC1(C)c2ccccc2-c2cc3c(-c4cccc(-c5nc(-c6ccccc6)c6ccccc6n5)c4)cccc3cc21.c1ccc(-c2nc(-c3ccc(-c4cc5ccccc5c5c4-c4ccccc4C5(c4ccccc4)c4ccccc4)c4ccccc34)nc3ccccc23)cc1. The zero-order valence-corrected chi connectivity index (χ0v) is 78.4. The van der Waals surface area contributed by atoms with Crippen LogP contribution in [-0.4, -0.2) is 29.9 Å². The maximum atomic E-state index is 5.30. The maximum Gasteiger partial charge on any atom is 0.161 e. The summed E-state index contributed by atoms with van der Waals surface area (Å²) in [4.78, 5) is 31.0. The first-order valence-corrected chi connectivity index (χ1v) is 48.7. The highest BCUT2D eigenvalue weighted by molar-refractivity contribution is 6.14. The summed E-state index contributed by atoms with van der Waals surface area (Å²) >= 11 is 0. The molecule has 0 saturated carbocycles. The highest BCUT2D eigenvalue weighted by Crippen LogP contribution is 2.62. The highest BCUT2D eigenvalue weighted by atomic mass is 14.9. The molecule has 3 heterocycles. The molecule has 25 aromatic rings. The second-order valence-corrected chi connectivity index (χ2v) is 38.5. The number of fused-ring (bicyclic) bond motifs is 18. The molecule has 0 N–H and O–H groups in total. The third kappa shape index (κ3) is 13.9. The molecule has 3 aliphatic carbocycles. The Morgan fingerprint density at radius 1 is 0.163 bits per heavy atom. The molecule has 662 valence electrons. The summed E-state index contributed by atoms with van der Waals surface area (Å²) in [7, 11) is 0. The molecule has 0 atom stereocenters. The summed E-state index contributed by atoms with van der Waals surface area (Å²) in [5.74, 6) is 2.20. The molecular weight excluding hydrogens is 1710 g/mol. The van der Waals surface area contributed by atoms with Crippen molar-refractivity contribution in [3.63, 3.8) is 0 Å². The summed E-state index contributed by atoms with van der Waals surface area (Å²) in [5, 5.41) is 15.3. The Hall–Kier alpha value is -17.8. The minimum absolute atomic E-state index is 0.0140. The van der Waals surface area contributed by atoms with Gasteiger partial charge >= 0.3 is 0 Å². The fourth-order valence-electron chi connectivity index (χ4n) is 23.2. The van der Waals surface area contributed by atoms with Gasteiger partial charge in [-0.2, -0.15) is 0 Å². The van der Waals surface area contributed by atoms with Gasteiger partial charge in [0, 0.05) is 60.4 Å². The number of nitrogens with zero attached hydrogens (tertiary/aromatic N) is 6. The van der Waals surface area contributed by atoms with Crippen molar-refractivity contribution in [2.24, 2.45) is 0 Å². The number of hydrogen-bond donors (Lipinski definition) is 0. The predicted molar refractivity (Wildman–Crippen MR) is 588 cm³/mol. The van der Waals surface area contributed by atoms with Gasteiger partial charge < -0.3 is 0 Å². The van der Waals surface area contributed by atoms with Crippen molar-refractivity contribution in [3.05, 3.63) is 530 Å². The first kappa shape index (κ1) is 83.7. The average Bonchev–Trinajstić information content (AvgIpc) is 1.51. The van der Waals surface area contributed by atoms with Crippen LogP contribution in [0, 0.1) is 0 Å². The smallest absolute Gasteiger partial charge is 0.161 e. The summed E-state index contributed by atoms with van der Waals surface area (Å²) in [6, 6.07) is 175. The van der Waals surface area contributed by atoms with E-state index in [4.69, 9.17) is 29.9 Å². The van der Waals surface area contributed by atoms with Crippen LogP contribution in [-0.2, 0) is 16.2 Å². The van der Waals surface area contributed by atoms with E-state index in [1.807, 2.05) is 24.3 Å². The van der Waals surface area contributed by atoms with Crippen LogP contribution in [0.4, 0.5) is 0 Å². The molecular formula is C135H92N6. The minimum atomic E-state index is -0.521. The second-order valence-electron chi connectivity index (χ2n) is 38.5. The van der Waals surface area contributed by atoms with Crippen molar-refractivity contribution in [3.8, 4) is 135 Å². The van der Waals surface area contributed by atoms with E-state index in [0.717, 1.165) is 123 Å². The van der Waals surface area contributed by atoms with Crippen molar-refractivity contribution < 1.29 is 0 Å². The number of rotatable bonds is 11. The third-order valence-corrected chi connectivity index (χ3v) is 29.9. The van der Waals surface area contributed by atoms with Gasteiger partial charge in [-0.25, -0.2) is 29.9 Å². The molecule has 6 nitrogen and oxygen atoms in total. The zero-order chi connectivity index (χ0) is 94.0. The van der Waals surface area contributed by atoms with Crippen molar-refractivity contribution in [1.29, 1.82) is 0 Å². The fourth-order valence-corrected chi connectivity index (χ4v) is 23.2. The van der Waals surface area contributed by atoms with E-state index < -0.39 is 5.41 Å². The van der Waals surface area contributed by atoms with Gasteiger partial charge in [0.05, 0.1) is 39.0 Å². The van der Waals surface area contributed by atoms with E-state index in [1.165, 1.54) is 143 Å². The van der Waals surface area contributed by atoms with Gasteiger partial charge in [-0.15, -0.1) is 0 Å². The van der Waals surface area contributed by atoms with Gasteiger partial charge in [-0.05, 0) is 238 Å². The summed E-state index contributed by atoms with van der Waals surface area (Å²) in [5.41, 5.74) is 37.3. The Kier molecular flexibility index (Phi) is 20.1. The maximum absolute atomic E-state index is 5.30. The van der Waals surface area contributed by atoms with Gasteiger partial charge in [-0.1, -0.05) is 440 Å². The van der Waals surface area contributed by atoms with E-state index in [-0.39, 0.29) is 10.8 Å². The number of aromatic nitrogens is 6. The van der Waals surface area contributed by atoms with Crippen molar-refractivity contribution in [2.75, 3.05) is 0 Å². The Bertz CT molecular complexity index is 9320. The van der Waals surface area contributed by atoms with Crippen LogP contribution in [0.3, 0.4) is 0 Å². The molecule has 0 amide bonds. The van der Waals surface area contributed by atoms with Gasteiger partial charge in [0.1, 0.15) is 0 Å². The second kappa shape index (κ2) is 33.9. The Morgan fingerprint density at radius 2 is 0.511 bits per heavy atom. The Labute approximate surface area is 819 Å². The van der Waals surface area contributed by atoms with E-state index in [9.17, 15) is 0 Å². The van der Waals surface area contributed by atoms with Crippen LogP contribution in [0.15, 0.2) is 485 Å². The lowest BCUT2D eigenvalue weighted by Crippen LogP contribution is -2.28. The van der Waals surface area contributed by atoms with Gasteiger partial charge in [-0.3, -0.25) is 0 Å². The topological polar surface area (TPSA) is 77.3 Å². The molecule has 141 heavy (non-hydrogen) atoms. The molecule has 0 radical (unpaired) electrons. The molecule has 6 heteroatoms. The lowest BCUT2D eigenvalue weighted by molar-refractivity contribution is 0.661. The average molecular weight is 1800 g/mol. The molecule has 0 saturated heterocycles. The van der Waals surface area contributed by atoms with Crippen LogP contribution >= 0.6 is 0 Å². The summed E-state index contributed by atoms with van der Waals surface area (Å²) in [6.45, 7) is 9.36. The van der Waals surface area contributed by atoms with Crippen LogP contribution in [0.25, 0.3) is 221 Å². The lowest BCUT2D eigenvalue weighted by Gasteiger charge is -2.35. The third-order valence-electron chi connectivity index (χ3n) is 29.9. The van der Waals surface area contributed by atoms with Crippen molar-refractivity contribution >= 4 is 86.6 Å². The van der Waals surface area contributed by atoms with E-state index in [1.54, 1.807) is 0 Å². The normalized spacial score (nSPS) is 13.1. The van der Waals surface area contributed by atoms with Crippen LogP contribution in [0.5, 0.6) is 0 Å². The molecule has 22 aromatic carbocycles. The molecule has 3 aromatic heterocycles. The first-order valence-electron chi connectivity index (χ1n) is 48.7. The number of hydrogen-bond acceptors (Lipinski definition) is 6. The summed E-state index contributed by atoms with van der Waals surface area (Å²) < 4.78 is 0. The van der Waals surface area contributed by atoms with Gasteiger partial charge in [0.25, 0.3) is 0 Å². The Morgan fingerprint density at radius 3 is 1.03 bits per heavy atom. The van der Waals surface area contributed by atoms with E-state index in [0.29, 0.717) is 0 Å². The molecule has 3 aliphatic rings. The van der Waals surface area contributed by atoms with Crippen molar-refractivity contribution in [2.45, 2.75) is 43.9 Å². The quantitative estimate of drug-likeness (QED) is 0.128. The van der Waals surface area contributed by atoms with Crippen LogP contribution in [0.1, 0.15) is 72.2 Å². The molecule has 0 unspecified atom stereocenters. The largest absolute Gasteiger partial charge is 0.228 e. The summed E-state index contributed by atoms with van der Waals surface area (Å²) in [6.07, 6.45) is 0. The highest BCUT2D eigenvalue weighted by Gasteiger charge is 2.49. The monoisotopic (exact) mass is 1800 g/mol. The first-order chi connectivity index (χ1) is 69.4. The fraction of sp³-hybridized carbons (Fsp3) is 0.0519. The molecule has 0 aliphatic heterocycles. The lowest BCUT2D eigenvalue weighted by atomic mass is 9.66. The predicted octanol–water partition coefficient (Wildman–Crippen LogP) is 34.6.